The third-order valence-electron chi connectivity index (χ3n) is 6.38. The van der Waals surface area contributed by atoms with Crippen LogP contribution in [0.4, 0.5) is 0 Å². The summed E-state index contributed by atoms with van der Waals surface area (Å²) in [5.74, 6) is 1.08. The Labute approximate surface area is 179 Å². The molecular weight excluding hydrogens is 387 g/mol. The molecule has 1 atom stereocenters. The molecule has 0 amide bonds. The molecule has 0 bridgehead atoms. The predicted octanol–water partition coefficient (Wildman–Crippen LogP) is 2.68. The van der Waals surface area contributed by atoms with Crippen LogP contribution in [-0.4, -0.2) is 41.3 Å². The van der Waals surface area contributed by atoms with Crippen LogP contribution < -0.4 is 21.6 Å². The van der Waals surface area contributed by atoms with E-state index in [2.05, 4.69) is 106 Å². The molecule has 2 aliphatic rings. The first-order valence-electron chi connectivity index (χ1n) is 10.8. The molecule has 5 rings (SSSR count). The van der Waals surface area contributed by atoms with Crippen LogP contribution in [0.3, 0.4) is 0 Å². The second kappa shape index (κ2) is 8.22. The molecular formula is C25H29N4P. The summed E-state index contributed by atoms with van der Waals surface area (Å²) < 4.78 is 0. The molecule has 0 saturated carbocycles. The summed E-state index contributed by atoms with van der Waals surface area (Å²) >= 11 is 0. The number of guanidine groups is 1. The molecule has 2 heterocycles. The monoisotopic (exact) mass is 416 g/mol. The molecule has 154 valence electrons. The van der Waals surface area contributed by atoms with Crippen molar-refractivity contribution < 1.29 is 0 Å². The second-order valence-corrected chi connectivity index (χ2v) is 12.2. The van der Waals surface area contributed by atoms with E-state index in [1.165, 1.54) is 28.8 Å². The van der Waals surface area contributed by atoms with Crippen molar-refractivity contribution in [3.8, 4) is 0 Å². The minimum absolute atomic E-state index is 0.132. The number of hydrogen-bond donors (Lipinski definition) is 1. The summed E-state index contributed by atoms with van der Waals surface area (Å²) in [5.41, 5.74) is 6.85. The molecule has 0 spiro atoms. The Morgan fingerprint density at radius 1 is 0.733 bits per heavy atom. The van der Waals surface area contributed by atoms with Crippen LogP contribution in [0.1, 0.15) is 12.8 Å². The van der Waals surface area contributed by atoms with Crippen LogP contribution in [0.5, 0.6) is 0 Å². The summed E-state index contributed by atoms with van der Waals surface area (Å²) in [5, 5.41) is 10.9. The molecule has 30 heavy (non-hydrogen) atoms. The van der Waals surface area contributed by atoms with Crippen LogP contribution in [0, 0.1) is 0 Å². The number of nitrogens with two attached hydrogens (primary N) is 1. The second-order valence-electron chi connectivity index (χ2n) is 8.21. The third kappa shape index (κ3) is 3.51. The zero-order chi connectivity index (χ0) is 20.4. The fraction of sp³-hybridized carbons (Fsp3) is 0.240. The van der Waals surface area contributed by atoms with Gasteiger partial charge >= 0.3 is 179 Å². The van der Waals surface area contributed by atoms with Crippen molar-refractivity contribution in [2.24, 2.45) is 10.8 Å². The van der Waals surface area contributed by atoms with E-state index in [9.17, 15) is 0 Å². The number of benzene rings is 3. The SMILES string of the molecule is NC(C[PH](c1ccccc1)(c1ccccc1)c1ccccc1)N1N=C1N1CCCC1. The Balaban J connectivity index is 1.56. The molecule has 1 unspecified atom stereocenters. The van der Waals surface area contributed by atoms with Crippen molar-refractivity contribution in [1.29, 1.82) is 0 Å². The van der Waals surface area contributed by atoms with E-state index in [1.807, 2.05) is 0 Å². The van der Waals surface area contributed by atoms with Gasteiger partial charge in [-0.3, -0.25) is 0 Å². The molecule has 2 N–H and O–H groups in total. The van der Waals surface area contributed by atoms with Crippen molar-refractivity contribution in [3.63, 3.8) is 0 Å². The number of rotatable bonds is 6. The average Bonchev–Trinajstić information content (AvgIpc) is 3.44. The Morgan fingerprint density at radius 2 is 1.17 bits per heavy atom. The third-order valence-corrected chi connectivity index (χ3v) is 11.4. The molecule has 1 saturated heterocycles. The average molecular weight is 417 g/mol. The quantitative estimate of drug-likeness (QED) is 0.629. The van der Waals surface area contributed by atoms with Crippen LogP contribution in [0.2, 0.25) is 0 Å². The van der Waals surface area contributed by atoms with E-state index < -0.39 is 7.26 Å². The van der Waals surface area contributed by atoms with E-state index in [4.69, 9.17) is 5.73 Å². The Bertz CT molecular complexity index is 904. The van der Waals surface area contributed by atoms with Gasteiger partial charge in [-0.2, -0.15) is 0 Å². The van der Waals surface area contributed by atoms with Crippen LogP contribution in [0.15, 0.2) is 96.1 Å². The molecule has 4 nitrogen and oxygen atoms in total. The first-order chi connectivity index (χ1) is 14.8. The molecule has 3 aromatic rings. The van der Waals surface area contributed by atoms with Crippen molar-refractivity contribution in [2.45, 2.75) is 19.0 Å². The van der Waals surface area contributed by atoms with Crippen molar-refractivity contribution in [2.75, 3.05) is 19.3 Å². The van der Waals surface area contributed by atoms with E-state index in [0.29, 0.717) is 0 Å². The fourth-order valence-electron chi connectivity index (χ4n) is 4.84. The number of nitrogens with zero attached hydrogens (tertiary/aromatic N) is 3. The molecule has 0 radical (unpaired) electrons. The van der Waals surface area contributed by atoms with Crippen molar-refractivity contribution >= 4 is 29.1 Å². The first kappa shape index (κ1) is 19.3. The first-order valence-corrected chi connectivity index (χ1v) is 13.0. The van der Waals surface area contributed by atoms with Crippen LogP contribution >= 0.6 is 7.26 Å². The van der Waals surface area contributed by atoms with Gasteiger partial charge in [-0.05, 0) is 0 Å². The van der Waals surface area contributed by atoms with Gasteiger partial charge in [0.15, 0.2) is 0 Å². The van der Waals surface area contributed by atoms with Gasteiger partial charge < -0.3 is 0 Å². The van der Waals surface area contributed by atoms with Gasteiger partial charge in [-0.15, -0.1) is 0 Å². The van der Waals surface area contributed by atoms with E-state index in [0.717, 1.165) is 25.2 Å². The molecule has 2 aliphatic heterocycles. The Kier molecular flexibility index (Phi) is 5.28. The summed E-state index contributed by atoms with van der Waals surface area (Å²) in [6.45, 7) is 2.20. The van der Waals surface area contributed by atoms with E-state index in [1.54, 1.807) is 0 Å². The van der Waals surface area contributed by atoms with Gasteiger partial charge in [0.2, 0.25) is 0 Å². The number of likely N-dealkylation sites (tertiary alicyclic amines) is 1. The van der Waals surface area contributed by atoms with Crippen LogP contribution in [0.25, 0.3) is 0 Å². The topological polar surface area (TPSA) is 44.6 Å². The standard InChI is InChI=1S/C25H29N4P/c26-24(29-25(27-29)28-18-10-11-19-28)20-30(21-12-4-1-5-13-21,22-14-6-2-7-15-22)23-16-8-3-9-17-23/h1-9,12-17,24,30H,10-11,18-20,26H2. The molecule has 1 fully saturated rings. The van der Waals surface area contributed by atoms with E-state index >= 15 is 0 Å². The minimum atomic E-state index is -2.34. The zero-order valence-corrected chi connectivity index (χ0v) is 18.2. The normalized spacial score (nSPS) is 17.6. The van der Waals surface area contributed by atoms with Gasteiger partial charge in [-0.25, -0.2) is 0 Å². The summed E-state index contributed by atoms with van der Waals surface area (Å²) in [7, 11) is -2.34. The number of hydrazone groups is 1. The molecule has 5 heteroatoms. The van der Waals surface area contributed by atoms with Gasteiger partial charge in [0.25, 0.3) is 0 Å². The Hall–Kier alpha value is -2.68. The van der Waals surface area contributed by atoms with E-state index in [-0.39, 0.29) is 6.17 Å². The summed E-state index contributed by atoms with van der Waals surface area (Å²) in [6.07, 6.45) is 3.25. The van der Waals surface area contributed by atoms with Gasteiger partial charge in [-0.1, -0.05) is 0 Å². The van der Waals surface area contributed by atoms with Gasteiger partial charge in [0.1, 0.15) is 0 Å². The van der Waals surface area contributed by atoms with Crippen LogP contribution in [-0.2, 0) is 0 Å². The van der Waals surface area contributed by atoms with Crippen molar-refractivity contribution in [1.82, 2.24) is 9.91 Å². The Morgan fingerprint density at radius 3 is 1.60 bits per heavy atom. The summed E-state index contributed by atoms with van der Waals surface area (Å²) in [6, 6.07) is 32.9. The number of hydrogen-bond acceptors (Lipinski definition) is 4. The molecule has 0 aromatic heterocycles. The fourth-order valence-corrected chi connectivity index (χ4v) is 9.64. The maximum atomic E-state index is 6.85. The van der Waals surface area contributed by atoms with Crippen molar-refractivity contribution in [3.05, 3.63) is 91.0 Å². The molecule has 3 aromatic carbocycles. The maximum absolute atomic E-state index is 6.85. The predicted molar refractivity (Wildman–Crippen MR) is 129 cm³/mol. The van der Waals surface area contributed by atoms with Gasteiger partial charge in [0.05, 0.1) is 0 Å². The zero-order valence-electron chi connectivity index (χ0n) is 17.2. The summed E-state index contributed by atoms with van der Waals surface area (Å²) in [4.78, 5) is 2.37. The van der Waals surface area contributed by atoms with Gasteiger partial charge in [0, 0.05) is 0 Å². The molecule has 0 aliphatic carbocycles.